The zero-order valence-electron chi connectivity index (χ0n) is 15.9. The van der Waals surface area contributed by atoms with E-state index in [4.69, 9.17) is 0 Å². The Morgan fingerprint density at radius 3 is 2.64 bits per heavy atom. The quantitative estimate of drug-likeness (QED) is 0.727. The van der Waals surface area contributed by atoms with Crippen molar-refractivity contribution in [3.8, 4) is 0 Å². The van der Waals surface area contributed by atoms with Gasteiger partial charge in [0.2, 0.25) is 0 Å². The van der Waals surface area contributed by atoms with Gasteiger partial charge >= 0.3 is 6.03 Å². The predicted octanol–water partition coefficient (Wildman–Crippen LogP) is 3.17. The number of sulfonamides is 1. The van der Waals surface area contributed by atoms with Gasteiger partial charge in [0.15, 0.2) is 5.78 Å². The molecular weight excluding hydrogens is 378 g/mol. The number of ketones is 1. The van der Waals surface area contributed by atoms with Crippen molar-refractivity contribution in [3.63, 3.8) is 0 Å². The van der Waals surface area contributed by atoms with Crippen molar-refractivity contribution >= 4 is 33.2 Å². The molecule has 8 heteroatoms. The summed E-state index contributed by atoms with van der Waals surface area (Å²) in [6.45, 7) is 4.52. The van der Waals surface area contributed by atoms with E-state index in [1.165, 1.54) is 19.1 Å². The number of benzene rings is 2. The number of carbonyl (C=O) groups is 2. The molecule has 1 heterocycles. The number of hydrogen-bond donors (Lipinski definition) is 2. The molecule has 0 spiro atoms. The zero-order valence-corrected chi connectivity index (χ0v) is 16.7. The van der Waals surface area contributed by atoms with E-state index in [1.807, 2.05) is 6.92 Å². The van der Waals surface area contributed by atoms with Crippen LogP contribution in [0, 0.1) is 0 Å². The van der Waals surface area contributed by atoms with Gasteiger partial charge in [-0.3, -0.25) is 14.4 Å². The number of nitrogens with one attached hydrogen (secondary N) is 2. The summed E-state index contributed by atoms with van der Waals surface area (Å²) < 4.78 is 28.0. The van der Waals surface area contributed by atoms with Crippen LogP contribution in [-0.4, -0.2) is 33.3 Å². The van der Waals surface area contributed by atoms with Gasteiger partial charge in [-0.2, -0.15) is 0 Å². The highest BCUT2D eigenvalue weighted by Crippen LogP contribution is 2.31. The minimum Gasteiger partial charge on any atom is -0.338 e. The van der Waals surface area contributed by atoms with Crippen molar-refractivity contribution in [3.05, 3.63) is 53.6 Å². The molecule has 2 amide bonds. The first kappa shape index (κ1) is 19.9. The SMILES string of the molecule is CCCNC(=O)N1CCc2cc(S(=O)(=O)Nc3cccc(C(C)=O)c3)ccc21. The predicted molar refractivity (Wildman–Crippen MR) is 108 cm³/mol. The van der Waals surface area contributed by atoms with Crippen LogP contribution in [0.3, 0.4) is 0 Å². The number of anilines is 2. The lowest BCUT2D eigenvalue weighted by molar-refractivity contribution is 0.101. The summed E-state index contributed by atoms with van der Waals surface area (Å²) in [5.41, 5.74) is 2.30. The smallest absolute Gasteiger partial charge is 0.321 e. The lowest BCUT2D eigenvalue weighted by atomic mass is 10.1. The van der Waals surface area contributed by atoms with Crippen LogP contribution in [0.1, 0.15) is 36.2 Å². The molecule has 0 atom stereocenters. The Kier molecular flexibility index (Phi) is 5.69. The van der Waals surface area contributed by atoms with E-state index < -0.39 is 10.0 Å². The Morgan fingerprint density at radius 1 is 1.14 bits per heavy atom. The number of urea groups is 1. The molecule has 0 saturated carbocycles. The molecule has 0 radical (unpaired) electrons. The fourth-order valence-electron chi connectivity index (χ4n) is 3.10. The second-order valence-electron chi connectivity index (χ2n) is 6.67. The summed E-state index contributed by atoms with van der Waals surface area (Å²) in [6, 6.07) is 10.9. The van der Waals surface area contributed by atoms with Crippen LogP contribution in [0.4, 0.5) is 16.2 Å². The monoisotopic (exact) mass is 401 g/mol. The van der Waals surface area contributed by atoms with Gasteiger partial charge in [0, 0.05) is 30.0 Å². The third-order valence-corrected chi connectivity index (χ3v) is 5.93. The fourth-order valence-corrected chi connectivity index (χ4v) is 4.20. The Bertz CT molecular complexity index is 1020. The molecule has 2 aromatic rings. The van der Waals surface area contributed by atoms with Gasteiger partial charge in [0.25, 0.3) is 10.0 Å². The summed E-state index contributed by atoms with van der Waals surface area (Å²) in [7, 11) is -3.81. The topological polar surface area (TPSA) is 95.6 Å². The molecule has 0 saturated heterocycles. The van der Waals surface area contributed by atoms with E-state index >= 15 is 0 Å². The molecule has 1 aliphatic rings. The lowest BCUT2D eigenvalue weighted by Gasteiger charge is -2.18. The molecule has 28 heavy (non-hydrogen) atoms. The number of hydrogen-bond acceptors (Lipinski definition) is 4. The van der Waals surface area contributed by atoms with E-state index in [2.05, 4.69) is 10.0 Å². The van der Waals surface area contributed by atoms with Gasteiger partial charge in [-0.15, -0.1) is 0 Å². The Balaban J connectivity index is 1.82. The highest BCUT2D eigenvalue weighted by molar-refractivity contribution is 7.92. The first-order valence-corrected chi connectivity index (χ1v) is 10.6. The molecule has 0 bridgehead atoms. The molecule has 148 valence electrons. The maximum Gasteiger partial charge on any atom is 0.321 e. The van der Waals surface area contributed by atoms with Crippen LogP contribution in [0.25, 0.3) is 0 Å². The molecular formula is C20H23N3O4S. The van der Waals surface area contributed by atoms with Gasteiger partial charge in [-0.1, -0.05) is 19.1 Å². The minimum atomic E-state index is -3.81. The van der Waals surface area contributed by atoms with Crippen LogP contribution in [-0.2, 0) is 16.4 Å². The number of fused-ring (bicyclic) bond motifs is 1. The lowest BCUT2D eigenvalue weighted by Crippen LogP contribution is -2.39. The van der Waals surface area contributed by atoms with E-state index in [0.717, 1.165) is 17.7 Å². The molecule has 3 rings (SSSR count). The van der Waals surface area contributed by atoms with Crippen molar-refractivity contribution < 1.29 is 18.0 Å². The van der Waals surface area contributed by atoms with Crippen molar-refractivity contribution in [1.82, 2.24) is 5.32 Å². The molecule has 0 fully saturated rings. The van der Waals surface area contributed by atoms with E-state index in [-0.39, 0.29) is 16.7 Å². The number of nitrogens with zero attached hydrogens (tertiary/aromatic N) is 1. The Morgan fingerprint density at radius 2 is 1.93 bits per heavy atom. The summed E-state index contributed by atoms with van der Waals surface area (Å²) in [6.07, 6.45) is 1.44. The third-order valence-electron chi connectivity index (χ3n) is 4.55. The van der Waals surface area contributed by atoms with Gasteiger partial charge < -0.3 is 5.32 Å². The Hall–Kier alpha value is -2.87. The minimum absolute atomic E-state index is 0.121. The maximum absolute atomic E-state index is 12.8. The van der Waals surface area contributed by atoms with E-state index in [1.54, 1.807) is 35.2 Å². The first-order valence-electron chi connectivity index (χ1n) is 9.14. The number of carbonyl (C=O) groups excluding carboxylic acids is 2. The second kappa shape index (κ2) is 8.02. The average molecular weight is 401 g/mol. The molecule has 2 N–H and O–H groups in total. The maximum atomic E-state index is 12.8. The Labute approximate surface area is 164 Å². The van der Waals surface area contributed by atoms with Crippen molar-refractivity contribution in [1.29, 1.82) is 0 Å². The normalized spacial score (nSPS) is 13.1. The summed E-state index contributed by atoms with van der Waals surface area (Å²) >= 11 is 0. The standard InChI is InChI=1S/C20H23N3O4S/c1-3-10-21-20(25)23-11-9-16-13-18(7-8-19(16)23)28(26,27)22-17-6-4-5-15(12-17)14(2)24/h4-8,12-13,22H,3,9-11H2,1-2H3,(H,21,25). The van der Waals surface area contributed by atoms with Gasteiger partial charge in [0.1, 0.15) is 0 Å². The third kappa shape index (κ3) is 4.17. The van der Waals surface area contributed by atoms with Crippen LogP contribution >= 0.6 is 0 Å². The van der Waals surface area contributed by atoms with Gasteiger partial charge in [-0.25, -0.2) is 13.2 Å². The molecule has 0 aromatic heterocycles. The van der Waals surface area contributed by atoms with Crippen LogP contribution in [0.5, 0.6) is 0 Å². The number of rotatable bonds is 6. The molecule has 2 aromatic carbocycles. The fraction of sp³-hybridized carbons (Fsp3) is 0.300. The number of Topliss-reactive ketones (excluding diaryl/α,β-unsaturated/α-hetero) is 1. The highest BCUT2D eigenvalue weighted by Gasteiger charge is 2.26. The highest BCUT2D eigenvalue weighted by atomic mass is 32.2. The summed E-state index contributed by atoms with van der Waals surface area (Å²) in [5, 5.41) is 2.84. The van der Waals surface area contributed by atoms with Crippen molar-refractivity contribution in [2.24, 2.45) is 0 Å². The molecule has 7 nitrogen and oxygen atoms in total. The van der Waals surface area contributed by atoms with Crippen LogP contribution in [0.15, 0.2) is 47.4 Å². The van der Waals surface area contributed by atoms with Crippen molar-refractivity contribution in [2.45, 2.75) is 31.6 Å². The first-order chi connectivity index (χ1) is 13.3. The zero-order chi connectivity index (χ0) is 20.3. The summed E-state index contributed by atoms with van der Waals surface area (Å²) in [5.74, 6) is -0.139. The largest absolute Gasteiger partial charge is 0.338 e. The van der Waals surface area contributed by atoms with Gasteiger partial charge in [0.05, 0.1) is 4.90 Å². The average Bonchev–Trinajstić information content (AvgIpc) is 3.09. The molecule has 0 aliphatic carbocycles. The second-order valence-corrected chi connectivity index (χ2v) is 8.35. The molecule has 0 unspecified atom stereocenters. The number of amides is 2. The van der Waals surface area contributed by atoms with E-state index in [0.29, 0.717) is 30.8 Å². The van der Waals surface area contributed by atoms with Gasteiger partial charge in [-0.05, 0) is 55.7 Å². The van der Waals surface area contributed by atoms with Crippen LogP contribution < -0.4 is 14.9 Å². The van der Waals surface area contributed by atoms with E-state index in [9.17, 15) is 18.0 Å². The van der Waals surface area contributed by atoms with Crippen LogP contribution in [0.2, 0.25) is 0 Å². The van der Waals surface area contributed by atoms with Crippen molar-refractivity contribution in [2.75, 3.05) is 22.7 Å². The summed E-state index contributed by atoms with van der Waals surface area (Å²) in [4.78, 5) is 25.5. The molecule has 1 aliphatic heterocycles.